The summed E-state index contributed by atoms with van der Waals surface area (Å²) in [7, 11) is -3.71. The quantitative estimate of drug-likeness (QED) is 0.187. The van der Waals surface area contributed by atoms with Crippen LogP contribution in [0.5, 0.6) is 6.01 Å². The Balaban J connectivity index is 1.46. The standard InChI is InChI=1S/C31H32ClF3N4O5S/c1-4-45(42,43)18-25(41)29(2,3)14-13-24(40)21-7-5-20(6-8-21)17-26-36-27(38-28(37-26)44-19-31(33,34)35)39-30(15-16-30)22-9-11-23(32)12-10-22/h4-12H,1,13-19H2,2-3H3,(H,36,37,38,39). The number of benzene rings is 2. The number of sulfone groups is 1. The number of halogens is 4. The topological polar surface area (TPSA) is 128 Å². The molecule has 1 aliphatic carbocycles. The fraction of sp³-hybridized carbons (Fsp3) is 0.387. The zero-order chi connectivity index (χ0) is 33.0. The molecule has 0 unspecified atom stereocenters. The van der Waals surface area contributed by atoms with Crippen LogP contribution < -0.4 is 10.1 Å². The summed E-state index contributed by atoms with van der Waals surface area (Å²) in [4.78, 5) is 37.9. The van der Waals surface area contributed by atoms with Crippen LogP contribution in [0.15, 0.2) is 60.5 Å². The first-order valence-electron chi connectivity index (χ1n) is 14.0. The SMILES string of the molecule is C=CS(=O)(=O)CC(=O)C(C)(C)CCC(=O)c1ccc(Cc2nc(NC3(c4ccc(Cl)cc4)CC3)nc(OCC(F)(F)F)n2)cc1. The Hall–Kier alpha value is -3.84. The van der Waals surface area contributed by atoms with Gasteiger partial charge in [0.2, 0.25) is 5.95 Å². The average molecular weight is 665 g/mol. The van der Waals surface area contributed by atoms with Gasteiger partial charge < -0.3 is 10.1 Å². The summed E-state index contributed by atoms with van der Waals surface area (Å²) < 4.78 is 67.0. The number of hydrogen-bond acceptors (Lipinski definition) is 9. The van der Waals surface area contributed by atoms with Crippen LogP contribution >= 0.6 is 11.6 Å². The van der Waals surface area contributed by atoms with Crippen LogP contribution in [0.1, 0.15) is 66.8 Å². The van der Waals surface area contributed by atoms with Gasteiger partial charge in [-0.3, -0.25) is 9.59 Å². The van der Waals surface area contributed by atoms with Gasteiger partial charge in [-0.25, -0.2) is 8.42 Å². The molecule has 0 amide bonds. The predicted octanol–water partition coefficient (Wildman–Crippen LogP) is 6.27. The number of hydrogen-bond donors (Lipinski definition) is 1. The molecule has 0 saturated heterocycles. The molecule has 9 nitrogen and oxygen atoms in total. The van der Waals surface area contributed by atoms with Crippen molar-refractivity contribution in [2.45, 2.75) is 57.7 Å². The number of carbonyl (C=O) groups excluding carboxylic acids is 2. The summed E-state index contributed by atoms with van der Waals surface area (Å²) in [5.41, 5.74) is 0.461. The molecule has 1 N–H and O–H groups in total. The number of anilines is 1. The minimum atomic E-state index is -4.59. The molecule has 45 heavy (non-hydrogen) atoms. The molecule has 1 saturated carbocycles. The van der Waals surface area contributed by atoms with Gasteiger partial charge in [0.1, 0.15) is 11.6 Å². The van der Waals surface area contributed by atoms with E-state index in [1.165, 1.54) is 0 Å². The van der Waals surface area contributed by atoms with Gasteiger partial charge in [-0.05, 0) is 42.5 Å². The summed E-state index contributed by atoms with van der Waals surface area (Å²) in [6.45, 7) is 4.83. The third-order valence-electron chi connectivity index (χ3n) is 7.48. The van der Waals surface area contributed by atoms with Gasteiger partial charge in [-0.15, -0.1) is 0 Å². The van der Waals surface area contributed by atoms with E-state index < -0.39 is 51.1 Å². The highest BCUT2D eigenvalue weighted by Gasteiger charge is 2.45. The number of aromatic nitrogens is 3. The number of alkyl halides is 3. The molecule has 0 radical (unpaired) electrons. The van der Waals surface area contributed by atoms with Gasteiger partial charge in [0.25, 0.3) is 0 Å². The Labute approximate surface area is 264 Å². The summed E-state index contributed by atoms with van der Waals surface area (Å²) in [5.74, 6) is -1.19. The van der Waals surface area contributed by atoms with E-state index >= 15 is 0 Å². The fourth-order valence-corrected chi connectivity index (χ4v) is 5.48. The van der Waals surface area contributed by atoms with Crippen molar-refractivity contribution in [1.82, 2.24) is 15.0 Å². The predicted molar refractivity (Wildman–Crippen MR) is 163 cm³/mol. The van der Waals surface area contributed by atoms with Crippen molar-refractivity contribution in [2.75, 3.05) is 17.7 Å². The summed E-state index contributed by atoms with van der Waals surface area (Å²) in [6, 6.07) is 13.3. The third kappa shape index (κ3) is 9.57. The van der Waals surface area contributed by atoms with Crippen LogP contribution in [0, 0.1) is 5.41 Å². The molecule has 4 rings (SSSR count). The second-order valence-electron chi connectivity index (χ2n) is 11.6. The van der Waals surface area contributed by atoms with E-state index in [0.717, 1.165) is 23.8 Å². The molecule has 1 aromatic heterocycles. The highest BCUT2D eigenvalue weighted by atomic mass is 35.5. The van der Waals surface area contributed by atoms with E-state index in [1.54, 1.807) is 50.2 Å². The lowest BCUT2D eigenvalue weighted by atomic mass is 9.82. The highest BCUT2D eigenvalue weighted by molar-refractivity contribution is 7.94. The van der Waals surface area contributed by atoms with Crippen LogP contribution in [0.4, 0.5) is 19.1 Å². The van der Waals surface area contributed by atoms with Gasteiger partial charge in [-0.1, -0.05) is 68.4 Å². The van der Waals surface area contributed by atoms with Crippen molar-refractivity contribution in [3.8, 4) is 6.01 Å². The lowest BCUT2D eigenvalue weighted by Crippen LogP contribution is -2.30. The molecule has 2 aromatic carbocycles. The normalized spacial score (nSPS) is 14.4. The van der Waals surface area contributed by atoms with Crippen molar-refractivity contribution in [3.63, 3.8) is 0 Å². The van der Waals surface area contributed by atoms with Crippen molar-refractivity contribution in [3.05, 3.63) is 88.1 Å². The minimum absolute atomic E-state index is 0.0178. The molecule has 14 heteroatoms. The molecule has 0 aliphatic heterocycles. The van der Waals surface area contributed by atoms with E-state index in [0.29, 0.717) is 16.1 Å². The lowest BCUT2D eigenvalue weighted by molar-refractivity contribution is -0.154. The van der Waals surface area contributed by atoms with Crippen LogP contribution in [0.25, 0.3) is 0 Å². The van der Waals surface area contributed by atoms with Crippen LogP contribution in [0.3, 0.4) is 0 Å². The fourth-order valence-electron chi connectivity index (χ4n) is 4.48. The zero-order valence-corrected chi connectivity index (χ0v) is 26.2. The third-order valence-corrected chi connectivity index (χ3v) is 8.90. The van der Waals surface area contributed by atoms with Crippen molar-refractivity contribution < 1.29 is 35.9 Å². The van der Waals surface area contributed by atoms with E-state index in [9.17, 15) is 31.2 Å². The first-order valence-corrected chi connectivity index (χ1v) is 16.1. The Morgan fingerprint density at radius 3 is 2.27 bits per heavy atom. The van der Waals surface area contributed by atoms with Crippen LogP contribution in [-0.2, 0) is 26.6 Å². The van der Waals surface area contributed by atoms with Gasteiger partial charge in [0, 0.05) is 34.3 Å². The Morgan fingerprint density at radius 2 is 1.69 bits per heavy atom. The van der Waals surface area contributed by atoms with Crippen molar-refractivity contribution in [2.24, 2.45) is 5.41 Å². The molecule has 1 fully saturated rings. The minimum Gasteiger partial charge on any atom is -0.454 e. The number of carbonyl (C=O) groups is 2. The summed E-state index contributed by atoms with van der Waals surface area (Å²) in [6.07, 6.45) is -2.80. The van der Waals surface area contributed by atoms with E-state index in [1.807, 2.05) is 12.1 Å². The highest BCUT2D eigenvalue weighted by Crippen LogP contribution is 2.48. The average Bonchev–Trinajstić information content (AvgIpc) is 3.75. The Kier molecular flexibility index (Phi) is 10.0. The van der Waals surface area contributed by atoms with Crippen molar-refractivity contribution in [1.29, 1.82) is 0 Å². The summed E-state index contributed by atoms with van der Waals surface area (Å²) >= 11 is 6.01. The maximum atomic E-state index is 12.9. The molecule has 1 aliphatic rings. The first kappa shape index (κ1) is 34.0. The van der Waals surface area contributed by atoms with E-state index in [2.05, 4.69) is 26.8 Å². The van der Waals surface area contributed by atoms with Crippen LogP contribution in [-0.4, -0.2) is 53.5 Å². The second kappa shape index (κ2) is 13.3. The lowest BCUT2D eigenvalue weighted by Gasteiger charge is -2.22. The largest absolute Gasteiger partial charge is 0.454 e. The van der Waals surface area contributed by atoms with Gasteiger partial charge in [-0.2, -0.15) is 28.1 Å². The maximum Gasteiger partial charge on any atom is 0.422 e. The number of ether oxygens (including phenoxy) is 1. The number of nitrogens with zero attached hydrogens (tertiary/aromatic N) is 3. The number of rotatable bonds is 15. The van der Waals surface area contributed by atoms with Gasteiger partial charge >= 0.3 is 12.2 Å². The monoisotopic (exact) mass is 664 g/mol. The van der Waals surface area contributed by atoms with E-state index in [4.69, 9.17) is 16.3 Å². The molecular weight excluding hydrogens is 633 g/mol. The first-order chi connectivity index (χ1) is 21.0. The molecule has 0 bridgehead atoms. The van der Waals surface area contributed by atoms with Gasteiger partial charge in [0.15, 0.2) is 28.0 Å². The number of Topliss-reactive ketones (excluding diaryl/α,β-unsaturated/α-hetero) is 2. The van der Waals surface area contributed by atoms with Gasteiger partial charge in [0.05, 0.1) is 5.54 Å². The molecule has 1 heterocycles. The zero-order valence-electron chi connectivity index (χ0n) is 24.7. The molecule has 0 spiro atoms. The van der Waals surface area contributed by atoms with E-state index in [-0.39, 0.29) is 36.8 Å². The summed E-state index contributed by atoms with van der Waals surface area (Å²) in [5, 5.41) is 4.54. The molecular formula is C31H32ClF3N4O5S. The van der Waals surface area contributed by atoms with Crippen LogP contribution in [0.2, 0.25) is 5.02 Å². The maximum absolute atomic E-state index is 12.9. The Morgan fingerprint density at radius 1 is 1.04 bits per heavy atom. The molecule has 240 valence electrons. The number of nitrogens with one attached hydrogen (secondary N) is 1. The number of ketones is 2. The van der Waals surface area contributed by atoms with Crippen molar-refractivity contribution >= 4 is 39.0 Å². The molecule has 0 atom stereocenters. The second-order valence-corrected chi connectivity index (χ2v) is 13.9. The smallest absolute Gasteiger partial charge is 0.422 e. The molecule has 3 aromatic rings. The Bertz CT molecular complexity index is 1670.